The normalized spacial score (nSPS) is 14.8. The number of quaternary nitrogens is 1. The number of likely N-dealkylation sites (N-methyl/N-ethyl adjacent to an activating group) is 1. The van der Waals surface area contributed by atoms with Crippen LogP contribution >= 0.6 is 7.82 Å². The Bertz CT molecular complexity index is 1390. The molecule has 1 unspecified atom stereocenters. The van der Waals surface area contributed by atoms with Crippen molar-refractivity contribution in [3.05, 3.63) is 122 Å². The van der Waals surface area contributed by atoms with Crippen molar-refractivity contribution in [1.29, 1.82) is 0 Å². The highest BCUT2D eigenvalue weighted by Gasteiger charge is 2.27. The molecule has 58 heavy (non-hydrogen) atoms. The van der Waals surface area contributed by atoms with Crippen molar-refractivity contribution >= 4 is 19.8 Å². The first-order valence-corrected chi connectivity index (χ1v) is 22.8. The third-order valence-electron chi connectivity index (χ3n) is 7.99. The summed E-state index contributed by atoms with van der Waals surface area (Å²) >= 11 is 0. The highest BCUT2D eigenvalue weighted by Crippen LogP contribution is 2.43. The Morgan fingerprint density at radius 1 is 0.534 bits per heavy atom. The van der Waals surface area contributed by atoms with E-state index in [-0.39, 0.29) is 26.1 Å². The van der Waals surface area contributed by atoms with Gasteiger partial charge in [0.15, 0.2) is 6.10 Å². The van der Waals surface area contributed by atoms with Crippen molar-refractivity contribution in [2.45, 2.75) is 123 Å². The van der Waals surface area contributed by atoms with Crippen LogP contribution in [0.25, 0.3) is 0 Å². The van der Waals surface area contributed by atoms with Crippen LogP contribution in [0.2, 0.25) is 0 Å². The molecule has 0 bridgehead atoms. The predicted molar refractivity (Wildman–Crippen MR) is 242 cm³/mol. The number of phosphoric acid groups is 1. The van der Waals surface area contributed by atoms with Crippen LogP contribution in [0.15, 0.2) is 122 Å². The summed E-state index contributed by atoms with van der Waals surface area (Å²) in [7, 11) is 1.38. The molecule has 0 rings (SSSR count). The summed E-state index contributed by atoms with van der Waals surface area (Å²) in [5.41, 5.74) is 0. The van der Waals surface area contributed by atoms with Crippen LogP contribution in [0.3, 0.4) is 0 Å². The van der Waals surface area contributed by atoms with Crippen molar-refractivity contribution in [1.82, 2.24) is 0 Å². The molecule has 0 aromatic heterocycles. The number of hydrogen-bond acceptors (Lipinski definition) is 7. The SMILES string of the molecule is CC/C=C/C/C=C/C/C=C/C/C=C/C/C=C/CCCC(=O)OC[C@H](COP(=O)(O)OCC[N+](C)(C)C)OC(=O)CCC/C=C/C/C=C/C/C=C/C/C=C/C/C=C/CC. The van der Waals surface area contributed by atoms with E-state index in [0.29, 0.717) is 30.3 Å². The van der Waals surface area contributed by atoms with Gasteiger partial charge in [0.2, 0.25) is 0 Å². The average Bonchev–Trinajstić information content (AvgIpc) is 3.17. The largest absolute Gasteiger partial charge is 0.472 e. The lowest BCUT2D eigenvalue weighted by molar-refractivity contribution is -0.870. The Labute approximate surface area is 352 Å². The Balaban J connectivity index is 4.61. The van der Waals surface area contributed by atoms with E-state index in [1.807, 2.05) is 33.3 Å². The van der Waals surface area contributed by atoms with E-state index in [1.165, 1.54) is 0 Å². The number of rotatable bonds is 36. The number of hydrogen-bond donors (Lipinski definition) is 1. The minimum Gasteiger partial charge on any atom is -0.462 e. The maximum Gasteiger partial charge on any atom is 0.472 e. The molecule has 0 saturated carbocycles. The Hall–Kier alpha value is -3.59. The zero-order chi connectivity index (χ0) is 42.8. The minimum absolute atomic E-state index is 0.00437. The molecule has 0 aliphatic rings. The molecular weight excluding hydrogens is 750 g/mol. The molecular formula is C48H77NO8P+. The van der Waals surface area contributed by atoms with Gasteiger partial charge >= 0.3 is 19.8 Å². The molecule has 0 aliphatic heterocycles. The molecule has 0 aliphatic carbocycles. The second-order valence-corrected chi connectivity index (χ2v) is 16.1. The van der Waals surface area contributed by atoms with Gasteiger partial charge in [0.25, 0.3) is 0 Å². The molecule has 1 N–H and O–H groups in total. The van der Waals surface area contributed by atoms with Crippen LogP contribution in [0.1, 0.15) is 117 Å². The van der Waals surface area contributed by atoms with Gasteiger partial charge in [-0.25, -0.2) is 4.57 Å². The van der Waals surface area contributed by atoms with Gasteiger partial charge in [0.1, 0.15) is 19.8 Å². The molecule has 0 aromatic rings. The summed E-state index contributed by atoms with van der Waals surface area (Å²) in [4.78, 5) is 35.3. The minimum atomic E-state index is -4.41. The van der Waals surface area contributed by atoms with Crippen molar-refractivity contribution in [3.63, 3.8) is 0 Å². The lowest BCUT2D eigenvalue weighted by Crippen LogP contribution is -2.37. The monoisotopic (exact) mass is 827 g/mol. The van der Waals surface area contributed by atoms with Crippen LogP contribution in [0.5, 0.6) is 0 Å². The van der Waals surface area contributed by atoms with Gasteiger partial charge in [-0.2, -0.15) is 0 Å². The van der Waals surface area contributed by atoms with Gasteiger partial charge in [-0.3, -0.25) is 18.6 Å². The summed E-state index contributed by atoms with van der Waals surface area (Å²) in [5, 5.41) is 0. The molecule has 0 heterocycles. The van der Waals surface area contributed by atoms with E-state index in [1.54, 1.807) is 0 Å². The van der Waals surface area contributed by atoms with Crippen molar-refractivity contribution in [2.24, 2.45) is 0 Å². The number of carbonyl (C=O) groups excluding carboxylic acids is 2. The van der Waals surface area contributed by atoms with Gasteiger partial charge in [0.05, 0.1) is 27.7 Å². The standard InChI is InChI=1S/C48H76NO8P/c1-6-8-10-12-14-16-18-20-22-24-26-28-30-32-34-36-38-40-47(50)54-44-46(45-56-58(52,53)55-43-42-49(3,4)5)57-48(51)41-39-37-35-33-31-29-27-25-23-21-19-17-15-13-11-9-7-2/h8-11,14-17,20-23,26-29,32-35,46H,6-7,12-13,18-19,24-25,30-31,36-45H2,1-5H3/p+1/b10-8+,11-9+,16-14+,17-15+,22-20+,23-21+,28-26+,29-27+,34-32+,35-33+/t46-/m1/s1. The number of ether oxygens (including phenoxy) is 2. The molecule has 0 saturated heterocycles. The first-order valence-electron chi connectivity index (χ1n) is 21.3. The van der Waals surface area contributed by atoms with Gasteiger partial charge in [-0.15, -0.1) is 0 Å². The summed E-state index contributed by atoms with van der Waals surface area (Å²) in [5.74, 6) is -0.952. The Morgan fingerprint density at radius 3 is 1.28 bits per heavy atom. The molecule has 10 heteroatoms. The number of phosphoric ester groups is 1. The fraction of sp³-hybridized carbons (Fsp3) is 0.542. The molecule has 326 valence electrons. The predicted octanol–water partition coefficient (Wildman–Crippen LogP) is 12.1. The third kappa shape index (κ3) is 42.0. The molecule has 0 aromatic carbocycles. The van der Waals surface area contributed by atoms with Crippen LogP contribution in [0.4, 0.5) is 0 Å². The van der Waals surface area contributed by atoms with Crippen LogP contribution in [-0.2, 0) is 32.7 Å². The number of carbonyl (C=O) groups is 2. The fourth-order valence-corrected chi connectivity index (χ4v) is 5.47. The van der Waals surface area contributed by atoms with E-state index in [9.17, 15) is 19.0 Å². The molecule has 0 spiro atoms. The average molecular weight is 827 g/mol. The van der Waals surface area contributed by atoms with Crippen molar-refractivity contribution in [3.8, 4) is 0 Å². The first kappa shape index (κ1) is 54.4. The highest BCUT2D eigenvalue weighted by molar-refractivity contribution is 7.47. The van der Waals surface area contributed by atoms with Gasteiger partial charge in [-0.1, -0.05) is 135 Å². The topological polar surface area (TPSA) is 108 Å². The van der Waals surface area contributed by atoms with E-state index >= 15 is 0 Å². The number of unbranched alkanes of at least 4 members (excludes halogenated alkanes) is 2. The molecule has 9 nitrogen and oxygen atoms in total. The smallest absolute Gasteiger partial charge is 0.462 e. The van der Waals surface area contributed by atoms with Crippen molar-refractivity contribution < 1.29 is 42.1 Å². The first-order chi connectivity index (χ1) is 28.0. The van der Waals surface area contributed by atoms with Crippen LogP contribution < -0.4 is 0 Å². The molecule has 2 atom stereocenters. The maximum atomic E-state index is 12.7. The highest BCUT2D eigenvalue weighted by atomic mass is 31.2. The number of nitrogens with zero attached hydrogens (tertiary/aromatic N) is 1. The molecule has 0 radical (unpaired) electrons. The third-order valence-corrected chi connectivity index (χ3v) is 8.97. The van der Waals surface area contributed by atoms with E-state index < -0.39 is 32.5 Å². The maximum absolute atomic E-state index is 12.7. The van der Waals surface area contributed by atoms with Gasteiger partial charge in [-0.05, 0) is 89.9 Å². The van der Waals surface area contributed by atoms with Gasteiger partial charge < -0.3 is 18.9 Å². The second kappa shape index (κ2) is 38.9. The summed E-state index contributed by atoms with van der Waals surface area (Å²) in [6.07, 6.45) is 54.1. The van der Waals surface area contributed by atoms with Crippen molar-refractivity contribution in [2.75, 3.05) is 47.5 Å². The quantitative estimate of drug-likeness (QED) is 0.0219. The number of allylic oxidation sites excluding steroid dienone is 20. The summed E-state index contributed by atoms with van der Waals surface area (Å²) in [6, 6.07) is 0. The van der Waals surface area contributed by atoms with E-state index in [0.717, 1.165) is 70.6 Å². The summed E-state index contributed by atoms with van der Waals surface area (Å²) in [6.45, 7) is 4.02. The van der Waals surface area contributed by atoms with Crippen LogP contribution in [-0.4, -0.2) is 74.9 Å². The second-order valence-electron chi connectivity index (χ2n) is 14.6. The van der Waals surface area contributed by atoms with E-state index in [2.05, 4.69) is 123 Å². The molecule has 0 fully saturated rings. The summed E-state index contributed by atoms with van der Waals surface area (Å²) < 4.78 is 34.1. The lowest BCUT2D eigenvalue weighted by atomic mass is 10.2. The van der Waals surface area contributed by atoms with Crippen LogP contribution in [0, 0.1) is 0 Å². The Morgan fingerprint density at radius 2 is 0.897 bits per heavy atom. The molecule has 0 amide bonds. The fourth-order valence-electron chi connectivity index (χ4n) is 4.73. The zero-order valence-corrected chi connectivity index (χ0v) is 37.4. The zero-order valence-electron chi connectivity index (χ0n) is 36.5. The number of esters is 2. The van der Waals surface area contributed by atoms with Gasteiger partial charge in [0, 0.05) is 12.8 Å². The lowest BCUT2D eigenvalue weighted by Gasteiger charge is -2.24. The van der Waals surface area contributed by atoms with E-state index in [4.69, 9.17) is 18.5 Å². The Kier molecular flexibility index (Phi) is 36.5.